The predicted molar refractivity (Wildman–Crippen MR) is 68.8 cm³/mol. The summed E-state index contributed by atoms with van der Waals surface area (Å²) in [6.07, 6.45) is 4.61. The molecule has 0 atom stereocenters. The highest BCUT2D eigenvalue weighted by atomic mass is 15.1. The maximum atomic E-state index is 7.44. The Morgan fingerprint density at radius 1 is 1.44 bits per heavy atom. The molecule has 0 spiro atoms. The zero-order chi connectivity index (χ0) is 11.5. The second-order valence-electron chi connectivity index (χ2n) is 4.19. The SMILES string of the molecule is CN1CC=C(c2cccc(N)c2C=N)CC1. The number of nitrogen functional groups attached to an aromatic ring is 1. The molecule has 0 amide bonds. The standard InChI is InChI=1S/C13H17N3/c1-16-7-5-10(6-8-16)11-3-2-4-13(15)12(11)9-14/h2-5,9,14H,6-8,15H2,1H3. The van der Waals surface area contributed by atoms with Crippen molar-refractivity contribution in [2.75, 3.05) is 25.9 Å². The fraction of sp³-hybridized carbons (Fsp3) is 0.308. The van der Waals surface area contributed by atoms with E-state index in [0.717, 1.165) is 30.6 Å². The maximum Gasteiger partial charge on any atom is 0.0409 e. The molecule has 2 rings (SSSR count). The summed E-state index contributed by atoms with van der Waals surface area (Å²) in [5.74, 6) is 0. The average molecular weight is 215 g/mol. The Morgan fingerprint density at radius 2 is 2.25 bits per heavy atom. The Hall–Kier alpha value is -1.61. The monoisotopic (exact) mass is 215 g/mol. The van der Waals surface area contributed by atoms with Gasteiger partial charge in [-0.25, -0.2) is 0 Å². The van der Waals surface area contributed by atoms with E-state index in [1.54, 1.807) is 0 Å². The van der Waals surface area contributed by atoms with Gasteiger partial charge in [-0.3, -0.25) is 0 Å². The van der Waals surface area contributed by atoms with Gasteiger partial charge in [0.1, 0.15) is 0 Å². The summed E-state index contributed by atoms with van der Waals surface area (Å²) < 4.78 is 0. The third kappa shape index (κ3) is 1.99. The van der Waals surface area contributed by atoms with E-state index in [1.165, 1.54) is 11.8 Å². The molecule has 0 aromatic heterocycles. The lowest BCUT2D eigenvalue weighted by Crippen LogP contribution is -2.24. The average Bonchev–Trinajstić information content (AvgIpc) is 2.30. The molecule has 0 unspecified atom stereocenters. The third-order valence-electron chi connectivity index (χ3n) is 3.04. The highest BCUT2D eigenvalue weighted by Crippen LogP contribution is 2.27. The van der Waals surface area contributed by atoms with Crippen LogP contribution < -0.4 is 5.73 Å². The lowest BCUT2D eigenvalue weighted by atomic mass is 9.94. The highest BCUT2D eigenvalue weighted by molar-refractivity contribution is 5.93. The number of hydrogen-bond donors (Lipinski definition) is 2. The number of nitrogens with one attached hydrogen (secondary N) is 1. The van der Waals surface area contributed by atoms with Gasteiger partial charge in [0.15, 0.2) is 0 Å². The predicted octanol–water partition coefficient (Wildman–Crippen LogP) is 1.99. The van der Waals surface area contributed by atoms with Crippen LogP contribution in [0, 0.1) is 5.41 Å². The van der Waals surface area contributed by atoms with Crippen molar-refractivity contribution in [3.63, 3.8) is 0 Å². The van der Waals surface area contributed by atoms with Crippen LogP contribution in [0.4, 0.5) is 5.69 Å². The van der Waals surface area contributed by atoms with Gasteiger partial charge in [0.05, 0.1) is 0 Å². The normalized spacial score (nSPS) is 16.9. The molecule has 3 heteroatoms. The molecule has 1 aromatic rings. The summed E-state index contributed by atoms with van der Waals surface area (Å²) in [6.45, 7) is 2.04. The van der Waals surface area contributed by atoms with Gasteiger partial charge >= 0.3 is 0 Å². The van der Waals surface area contributed by atoms with E-state index in [1.807, 2.05) is 18.2 Å². The second-order valence-corrected chi connectivity index (χ2v) is 4.19. The van der Waals surface area contributed by atoms with Crippen molar-refractivity contribution in [1.82, 2.24) is 4.90 Å². The van der Waals surface area contributed by atoms with E-state index in [-0.39, 0.29) is 0 Å². The maximum absolute atomic E-state index is 7.44. The van der Waals surface area contributed by atoms with E-state index < -0.39 is 0 Å². The van der Waals surface area contributed by atoms with Crippen molar-refractivity contribution in [2.45, 2.75) is 6.42 Å². The van der Waals surface area contributed by atoms with Gasteiger partial charge in [0, 0.05) is 30.6 Å². The van der Waals surface area contributed by atoms with E-state index in [2.05, 4.69) is 18.0 Å². The van der Waals surface area contributed by atoms with Crippen LogP contribution in [-0.4, -0.2) is 31.3 Å². The Kier molecular flexibility index (Phi) is 3.06. The second kappa shape index (κ2) is 4.49. The number of benzene rings is 1. The first kappa shape index (κ1) is 10.9. The fourth-order valence-electron chi connectivity index (χ4n) is 2.04. The van der Waals surface area contributed by atoms with Crippen molar-refractivity contribution in [3.05, 3.63) is 35.4 Å². The Bertz CT molecular complexity index is 435. The number of rotatable bonds is 2. The Labute approximate surface area is 96.1 Å². The molecule has 1 aromatic carbocycles. The minimum absolute atomic E-state index is 0.687. The molecule has 84 valence electrons. The smallest absolute Gasteiger partial charge is 0.0409 e. The molecule has 0 radical (unpaired) electrons. The topological polar surface area (TPSA) is 53.1 Å². The largest absolute Gasteiger partial charge is 0.398 e. The first-order valence-corrected chi connectivity index (χ1v) is 5.49. The van der Waals surface area contributed by atoms with Gasteiger partial charge in [0.25, 0.3) is 0 Å². The van der Waals surface area contributed by atoms with E-state index >= 15 is 0 Å². The fourth-order valence-corrected chi connectivity index (χ4v) is 2.04. The molecule has 0 saturated heterocycles. The van der Waals surface area contributed by atoms with Crippen LogP contribution in [-0.2, 0) is 0 Å². The molecule has 3 nitrogen and oxygen atoms in total. The lowest BCUT2D eigenvalue weighted by Gasteiger charge is -2.23. The first-order valence-electron chi connectivity index (χ1n) is 5.49. The number of anilines is 1. The summed E-state index contributed by atoms with van der Waals surface area (Å²) in [4.78, 5) is 2.28. The van der Waals surface area contributed by atoms with E-state index in [9.17, 15) is 0 Å². The number of nitrogens with two attached hydrogens (primary N) is 1. The molecular weight excluding hydrogens is 198 g/mol. The van der Waals surface area contributed by atoms with Crippen LogP contribution in [0.1, 0.15) is 17.5 Å². The van der Waals surface area contributed by atoms with Gasteiger partial charge in [-0.15, -0.1) is 0 Å². The van der Waals surface area contributed by atoms with Gasteiger partial charge in [-0.2, -0.15) is 0 Å². The molecule has 0 saturated carbocycles. The number of likely N-dealkylation sites (N-methyl/N-ethyl adjacent to an activating group) is 1. The quantitative estimate of drug-likeness (QED) is 0.585. The minimum Gasteiger partial charge on any atom is -0.398 e. The van der Waals surface area contributed by atoms with Gasteiger partial charge in [-0.1, -0.05) is 18.2 Å². The first-order chi connectivity index (χ1) is 7.72. The molecule has 1 heterocycles. The van der Waals surface area contributed by atoms with Gasteiger partial charge in [-0.05, 0) is 30.7 Å². The van der Waals surface area contributed by atoms with Crippen molar-refractivity contribution < 1.29 is 0 Å². The lowest BCUT2D eigenvalue weighted by molar-refractivity contribution is 0.370. The van der Waals surface area contributed by atoms with Crippen molar-refractivity contribution in [3.8, 4) is 0 Å². The molecule has 0 bridgehead atoms. The molecule has 16 heavy (non-hydrogen) atoms. The van der Waals surface area contributed by atoms with Crippen LogP contribution in [0.2, 0.25) is 0 Å². The molecular formula is C13H17N3. The number of nitrogens with zero attached hydrogens (tertiary/aromatic N) is 1. The number of hydrogen-bond acceptors (Lipinski definition) is 3. The van der Waals surface area contributed by atoms with Crippen molar-refractivity contribution >= 4 is 17.5 Å². The Balaban J connectivity index is 2.40. The van der Waals surface area contributed by atoms with Crippen LogP contribution in [0.5, 0.6) is 0 Å². The molecule has 1 aliphatic rings. The van der Waals surface area contributed by atoms with Gasteiger partial charge in [0.2, 0.25) is 0 Å². The van der Waals surface area contributed by atoms with Crippen LogP contribution >= 0.6 is 0 Å². The summed E-state index contributed by atoms with van der Waals surface area (Å²) >= 11 is 0. The summed E-state index contributed by atoms with van der Waals surface area (Å²) in [5, 5.41) is 7.44. The highest BCUT2D eigenvalue weighted by Gasteiger charge is 2.13. The van der Waals surface area contributed by atoms with Crippen LogP contribution in [0.25, 0.3) is 5.57 Å². The molecule has 0 fully saturated rings. The van der Waals surface area contributed by atoms with E-state index in [4.69, 9.17) is 11.1 Å². The van der Waals surface area contributed by atoms with Gasteiger partial charge < -0.3 is 16.0 Å². The van der Waals surface area contributed by atoms with E-state index in [0.29, 0.717) is 5.69 Å². The summed E-state index contributed by atoms with van der Waals surface area (Å²) in [5.41, 5.74) is 9.83. The molecule has 1 aliphatic heterocycles. The third-order valence-corrected chi connectivity index (χ3v) is 3.04. The van der Waals surface area contributed by atoms with Crippen molar-refractivity contribution in [1.29, 1.82) is 5.41 Å². The van der Waals surface area contributed by atoms with Crippen molar-refractivity contribution in [2.24, 2.45) is 0 Å². The molecule has 3 N–H and O–H groups in total. The minimum atomic E-state index is 0.687. The summed E-state index contributed by atoms with van der Waals surface area (Å²) in [6, 6.07) is 5.85. The zero-order valence-electron chi connectivity index (χ0n) is 9.53. The zero-order valence-corrected chi connectivity index (χ0v) is 9.53. The Morgan fingerprint density at radius 3 is 2.88 bits per heavy atom. The summed E-state index contributed by atoms with van der Waals surface area (Å²) in [7, 11) is 2.12. The van der Waals surface area contributed by atoms with Crippen LogP contribution in [0.15, 0.2) is 24.3 Å². The molecule has 0 aliphatic carbocycles. The van der Waals surface area contributed by atoms with Crippen LogP contribution in [0.3, 0.4) is 0 Å².